The van der Waals surface area contributed by atoms with Crippen molar-refractivity contribution in [3.8, 4) is 0 Å². The van der Waals surface area contributed by atoms with Crippen molar-refractivity contribution in [3.63, 3.8) is 0 Å². The fraction of sp³-hybridized carbons (Fsp3) is 0.500. The van der Waals surface area contributed by atoms with Crippen LogP contribution in [0.2, 0.25) is 0 Å². The van der Waals surface area contributed by atoms with Crippen LogP contribution in [-0.4, -0.2) is 47.6 Å². The summed E-state index contributed by atoms with van der Waals surface area (Å²) in [6, 6.07) is 0. The first-order valence-electron chi connectivity index (χ1n) is 8.06. The minimum absolute atomic E-state index is 0.00900. The van der Waals surface area contributed by atoms with Crippen LogP contribution in [0.5, 0.6) is 0 Å². The van der Waals surface area contributed by atoms with Gasteiger partial charge in [0.05, 0.1) is 19.5 Å². The summed E-state index contributed by atoms with van der Waals surface area (Å²) in [5.74, 6) is -2.73. The SMILES string of the molecule is C=COCCC1(C(=O)O)C=CC(CCOC(C)OC(C)=O)(C(=O)O)C=C1. The van der Waals surface area contributed by atoms with Crippen LogP contribution in [0, 0.1) is 10.8 Å². The lowest BCUT2D eigenvalue weighted by Crippen LogP contribution is -2.36. The predicted molar refractivity (Wildman–Crippen MR) is 91.0 cm³/mol. The van der Waals surface area contributed by atoms with Gasteiger partial charge in [0.1, 0.15) is 10.8 Å². The Morgan fingerprint density at radius 3 is 1.88 bits per heavy atom. The zero-order chi connectivity index (χ0) is 19.8. The summed E-state index contributed by atoms with van der Waals surface area (Å²) < 4.78 is 15.1. The topological polar surface area (TPSA) is 119 Å². The van der Waals surface area contributed by atoms with Gasteiger partial charge in [0, 0.05) is 13.3 Å². The highest BCUT2D eigenvalue weighted by Gasteiger charge is 2.42. The zero-order valence-electron chi connectivity index (χ0n) is 14.8. The number of hydrogen-bond acceptors (Lipinski definition) is 6. The van der Waals surface area contributed by atoms with E-state index in [0.717, 1.165) is 0 Å². The molecule has 8 heteroatoms. The van der Waals surface area contributed by atoms with Gasteiger partial charge in [-0.1, -0.05) is 30.9 Å². The average molecular weight is 368 g/mol. The average Bonchev–Trinajstić information content (AvgIpc) is 2.55. The molecule has 0 bridgehead atoms. The lowest BCUT2D eigenvalue weighted by atomic mass is 9.72. The molecule has 0 aromatic carbocycles. The maximum absolute atomic E-state index is 11.7. The molecule has 1 aliphatic rings. The van der Waals surface area contributed by atoms with Gasteiger partial charge in [-0.3, -0.25) is 14.4 Å². The quantitative estimate of drug-likeness (QED) is 0.187. The van der Waals surface area contributed by atoms with Gasteiger partial charge in [0.25, 0.3) is 0 Å². The van der Waals surface area contributed by atoms with E-state index < -0.39 is 35.0 Å². The Morgan fingerprint density at radius 1 is 1.04 bits per heavy atom. The number of aliphatic carboxylic acids is 2. The van der Waals surface area contributed by atoms with Gasteiger partial charge in [0.15, 0.2) is 6.29 Å². The van der Waals surface area contributed by atoms with E-state index in [9.17, 15) is 24.6 Å². The number of ether oxygens (including phenoxy) is 3. The third kappa shape index (κ3) is 5.45. The zero-order valence-corrected chi connectivity index (χ0v) is 14.8. The number of carboxylic acids is 2. The number of carbonyl (C=O) groups excluding carboxylic acids is 1. The summed E-state index contributed by atoms with van der Waals surface area (Å²) in [4.78, 5) is 34.2. The van der Waals surface area contributed by atoms with Crippen LogP contribution in [0.1, 0.15) is 26.7 Å². The van der Waals surface area contributed by atoms with Crippen LogP contribution >= 0.6 is 0 Å². The van der Waals surface area contributed by atoms with Crippen LogP contribution in [0.15, 0.2) is 37.1 Å². The first kappa shape index (κ1) is 21.4. The molecule has 1 unspecified atom stereocenters. The molecule has 0 fully saturated rings. The van der Waals surface area contributed by atoms with Crippen LogP contribution in [0.4, 0.5) is 0 Å². The number of hydrogen-bond donors (Lipinski definition) is 2. The van der Waals surface area contributed by atoms with E-state index >= 15 is 0 Å². The lowest BCUT2D eigenvalue weighted by molar-refractivity contribution is -0.174. The smallest absolute Gasteiger partial charge is 0.317 e. The minimum atomic E-state index is -1.39. The minimum Gasteiger partial charge on any atom is -0.502 e. The van der Waals surface area contributed by atoms with Crippen molar-refractivity contribution in [2.45, 2.75) is 33.0 Å². The predicted octanol–water partition coefficient (Wildman–Crippen LogP) is 2.12. The Morgan fingerprint density at radius 2 is 1.50 bits per heavy atom. The van der Waals surface area contributed by atoms with Gasteiger partial charge in [-0.25, -0.2) is 0 Å². The molecule has 0 saturated heterocycles. The second kappa shape index (κ2) is 9.19. The highest BCUT2D eigenvalue weighted by atomic mass is 16.7. The maximum Gasteiger partial charge on any atom is 0.317 e. The number of rotatable bonds is 11. The van der Waals surface area contributed by atoms with Crippen LogP contribution in [0.25, 0.3) is 0 Å². The molecule has 0 saturated carbocycles. The molecule has 8 nitrogen and oxygen atoms in total. The lowest BCUT2D eigenvalue weighted by Gasteiger charge is -2.32. The highest BCUT2D eigenvalue weighted by molar-refractivity contribution is 5.84. The first-order valence-corrected chi connectivity index (χ1v) is 8.06. The maximum atomic E-state index is 11.7. The number of esters is 1. The van der Waals surface area contributed by atoms with Gasteiger partial charge in [-0.2, -0.15) is 0 Å². The van der Waals surface area contributed by atoms with E-state index in [-0.39, 0.29) is 26.1 Å². The summed E-state index contributed by atoms with van der Waals surface area (Å²) in [5.41, 5.74) is -2.73. The molecule has 1 rings (SSSR count). The fourth-order valence-corrected chi connectivity index (χ4v) is 2.51. The van der Waals surface area contributed by atoms with Crippen molar-refractivity contribution in [2.24, 2.45) is 10.8 Å². The largest absolute Gasteiger partial charge is 0.502 e. The van der Waals surface area contributed by atoms with E-state index in [2.05, 4.69) is 6.58 Å². The van der Waals surface area contributed by atoms with Crippen molar-refractivity contribution in [1.29, 1.82) is 0 Å². The highest BCUT2D eigenvalue weighted by Crippen LogP contribution is 2.39. The molecule has 0 aliphatic heterocycles. The van der Waals surface area contributed by atoms with Crippen molar-refractivity contribution in [3.05, 3.63) is 37.1 Å². The number of carbonyl (C=O) groups is 3. The Bertz CT molecular complexity index is 590. The fourth-order valence-electron chi connectivity index (χ4n) is 2.51. The summed E-state index contributed by atoms with van der Waals surface area (Å²) in [5, 5.41) is 19.1. The second-order valence-electron chi connectivity index (χ2n) is 5.94. The molecule has 0 radical (unpaired) electrons. The van der Waals surface area contributed by atoms with Crippen LogP contribution in [-0.2, 0) is 28.6 Å². The van der Waals surface area contributed by atoms with E-state index in [1.807, 2.05) is 0 Å². The van der Waals surface area contributed by atoms with Crippen molar-refractivity contribution < 1.29 is 38.8 Å². The van der Waals surface area contributed by atoms with E-state index in [1.165, 1.54) is 44.4 Å². The van der Waals surface area contributed by atoms with E-state index in [1.54, 1.807) is 0 Å². The molecular weight excluding hydrogens is 344 g/mol. The molecule has 2 N–H and O–H groups in total. The Balaban J connectivity index is 2.83. The van der Waals surface area contributed by atoms with Crippen molar-refractivity contribution >= 4 is 17.9 Å². The molecule has 0 heterocycles. The molecule has 0 aromatic heterocycles. The van der Waals surface area contributed by atoms with Gasteiger partial charge in [-0.15, -0.1) is 0 Å². The monoisotopic (exact) mass is 368 g/mol. The summed E-state index contributed by atoms with van der Waals surface area (Å²) in [7, 11) is 0. The standard InChI is InChI=1S/C18H24O8/c1-4-24-11-9-17(15(20)21)5-7-18(8-6-17,16(22)23)10-12-25-14(3)26-13(2)19/h4-8,14H,1,9-12H2,2-3H3,(H,20,21)(H,22,23). The van der Waals surface area contributed by atoms with Crippen molar-refractivity contribution in [2.75, 3.05) is 13.2 Å². The summed E-state index contributed by atoms with van der Waals surface area (Å²) >= 11 is 0. The third-order valence-electron chi connectivity index (χ3n) is 4.10. The van der Waals surface area contributed by atoms with Gasteiger partial charge in [0.2, 0.25) is 0 Å². The number of carboxylic acid groups (broad SMARTS) is 2. The van der Waals surface area contributed by atoms with E-state index in [4.69, 9.17) is 14.2 Å². The van der Waals surface area contributed by atoms with Gasteiger partial charge < -0.3 is 24.4 Å². The molecule has 0 spiro atoms. The normalized spacial score (nSPS) is 25.3. The molecule has 1 aliphatic carbocycles. The first-order chi connectivity index (χ1) is 12.2. The van der Waals surface area contributed by atoms with Crippen molar-refractivity contribution in [1.82, 2.24) is 0 Å². The third-order valence-corrected chi connectivity index (χ3v) is 4.10. The summed E-state index contributed by atoms with van der Waals surface area (Å²) in [6.45, 7) is 6.30. The summed E-state index contributed by atoms with van der Waals surface area (Å²) in [6.07, 6.45) is 6.06. The van der Waals surface area contributed by atoms with Gasteiger partial charge in [-0.05, 0) is 13.3 Å². The molecule has 0 aromatic rings. The Kier molecular flexibility index (Phi) is 7.57. The van der Waals surface area contributed by atoms with E-state index in [0.29, 0.717) is 0 Å². The second-order valence-corrected chi connectivity index (χ2v) is 5.94. The molecule has 26 heavy (non-hydrogen) atoms. The molecule has 144 valence electrons. The Labute approximate surface area is 151 Å². The molecule has 0 amide bonds. The van der Waals surface area contributed by atoms with Crippen LogP contribution in [0.3, 0.4) is 0 Å². The molecular formula is C18H24O8. The Hall–Kier alpha value is -2.61. The van der Waals surface area contributed by atoms with Gasteiger partial charge >= 0.3 is 17.9 Å². The van der Waals surface area contributed by atoms with Crippen LogP contribution < -0.4 is 0 Å². The molecule has 1 atom stereocenters.